The molecule has 2 atom stereocenters. The molecule has 0 fully saturated rings. The molecular weight excluding hydrogens is 403 g/mol. The van der Waals surface area contributed by atoms with Crippen LogP contribution in [0.2, 0.25) is 5.02 Å². The number of hydrogen-bond donors (Lipinski definition) is 3. The second kappa shape index (κ2) is 8.91. The summed E-state index contributed by atoms with van der Waals surface area (Å²) >= 11 is 12.8. The molecule has 0 amide bonds. The minimum Gasteiger partial charge on any atom is -0.394 e. The Labute approximate surface area is 171 Å². The second-order valence-electron chi connectivity index (χ2n) is 6.28. The molecule has 3 rings (SSSR count). The highest BCUT2D eigenvalue weighted by Gasteiger charge is 2.23. The van der Waals surface area contributed by atoms with Crippen molar-refractivity contribution in [2.24, 2.45) is 0 Å². The fourth-order valence-electron chi connectivity index (χ4n) is 3.11. The van der Waals surface area contributed by atoms with Crippen LogP contribution in [0, 0.1) is 11.8 Å². The quantitative estimate of drug-likeness (QED) is 0.621. The number of aliphatic hydroxyl groups excluding tert-OH is 3. The molecule has 0 bridgehead atoms. The summed E-state index contributed by atoms with van der Waals surface area (Å²) in [7, 11) is 0. The Hall–Kier alpha value is -2.14. The lowest BCUT2D eigenvalue weighted by atomic mass is 10.1. The molecule has 3 N–H and O–H groups in total. The maximum Gasteiger partial charge on any atom is 0.191 e. The molecule has 2 heterocycles. The summed E-state index contributed by atoms with van der Waals surface area (Å²) in [6.45, 7) is -0.784. The number of rotatable bonds is 6. The highest BCUT2D eigenvalue weighted by atomic mass is 35.5. The molecule has 2 aromatic heterocycles. The first-order valence-corrected chi connectivity index (χ1v) is 9.38. The van der Waals surface area contributed by atoms with E-state index in [-0.39, 0.29) is 35.3 Å². The van der Waals surface area contributed by atoms with Crippen molar-refractivity contribution in [2.45, 2.75) is 31.6 Å². The summed E-state index contributed by atoms with van der Waals surface area (Å²) in [5, 5.41) is 29.4. The molecule has 2 unspecified atom stereocenters. The van der Waals surface area contributed by atoms with Gasteiger partial charge in [0.05, 0.1) is 46.0 Å². The normalized spacial score (nSPS) is 17.0. The number of fused-ring (bicyclic) bond motifs is 1. The molecule has 6 nitrogen and oxygen atoms in total. The van der Waals surface area contributed by atoms with Gasteiger partial charge >= 0.3 is 0 Å². The average molecular weight is 421 g/mol. The lowest BCUT2D eigenvalue weighted by Gasteiger charge is -2.22. The molecule has 0 aliphatic heterocycles. The lowest BCUT2D eigenvalue weighted by Crippen LogP contribution is -2.21. The van der Waals surface area contributed by atoms with Crippen LogP contribution in [-0.2, 0) is 13.0 Å². The number of halogens is 2. The van der Waals surface area contributed by atoms with E-state index >= 15 is 0 Å². The van der Waals surface area contributed by atoms with Crippen molar-refractivity contribution in [3.05, 3.63) is 62.2 Å². The van der Waals surface area contributed by atoms with E-state index in [0.29, 0.717) is 21.9 Å². The monoisotopic (exact) mass is 420 g/mol. The summed E-state index contributed by atoms with van der Waals surface area (Å²) in [6, 6.07) is 0.675. The van der Waals surface area contributed by atoms with Crippen molar-refractivity contribution in [3.63, 3.8) is 0 Å². The molecule has 0 spiro atoms. The van der Waals surface area contributed by atoms with E-state index in [1.54, 1.807) is 22.8 Å². The van der Waals surface area contributed by atoms with Crippen molar-refractivity contribution < 1.29 is 15.3 Å². The molecule has 0 saturated carbocycles. The first-order chi connectivity index (χ1) is 13.5. The van der Waals surface area contributed by atoms with Crippen molar-refractivity contribution in [1.82, 2.24) is 9.55 Å². The van der Waals surface area contributed by atoms with Crippen LogP contribution < -0.4 is 5.43 Å². The molecule has 0 aromatic carbocycles. The van der Waals surface area contributed by atoms with Crippen LogP contribution in [0.5, 0.6) is 0 Å². The summed E-state index contributed by atoms with van der Waals surface area (Å²) in [4.78, 5) is 17.1. The minimum absolute atomic E-state index is 0.220. The molecule has 2 aromatic rings. The Balaban J connectivity index is 2.29. The second-order valence-corrected chi connectivity index (χ2v) is 7.13. The maximum absolute atomic E-state index is 12.8. The van der Waals surface area contributed by atoms with Gasteiger partial charge < -0.3 is 19.9 Å². The van der Waals surface area contributed by atoms with Crippen LogP contribution in [0.25, 0.3) is 10.9 Å². The van der Waals surface area contributed by atoms with Gasteiger partial charge in [-0.25, -0.2) is 0 Å². The van der Waals surface area contributed by atoms with Gasteiger partial charge in [-0.3, -0.25) is 9.78 Å². The molecule has 146 valence electrons. The predicted molar refractivity (Wildman–Crippen MR) is 108 cm³/mol. The Morgan fingerprint density at radius 3 is 2.82 bits per heavy atom. The Morgan fingerprint density at radius 2 is 2.11 bits per heavy atom. The van der Waals surface area contributed by atoms with E-state index in [1.165, 1.54) is 12.3 Å². The van der Waals surface area contributed by atoms with Gasteiger partial charge in [0, 0.05) is 18.0 Å². The van der Waals surface area contributed by atoms with Gasteiger partial charge in [0.1, 0.15) is 6.04 Å². The van der Waals surface area contributed by atoms with Crippen molar-refractivity contribution in [2.75, 3.05) is 6.61 Å². The number of aliphatic hydroxyl groups is 3. The first-order valence-electron chi connectivity index (χ1n) is 8.62. The van der Waals surface area contributed by atoms with E-state index in [0.717, 1.165) is 0 Å². The van der Waals surface area contributed by atoms with Gasteiger partial charge in [-0.15, -0.1) is 0 Å². The first kappa shape index (κ1) is 20.6. The van der Waals surface area contributed by atoms with Gasteiger partial charge in [0.25, 0.3) is 0 Å². The Kier molecular flexibility index (Phi) is 6.55. The van der Waals surface area contributed by atoms with Crippen LogP contribution in [0.1, 0.15) is 23.9 Å². The zero-order valence-corrected chi connectivity index (χ0v) is 16.3. The number of allylic oxidation sites excluding steroid dienone is 4. The van der Waals surface area contributed by atoms with Crippen LogP contribution in [-0.4, -0.2) is 37.6 Å². The van der Waals surface area contributed by atoms with Gasteiger partial charge in [-0.1, -0.05) is 41.1 Å². The molecule has 0 saturated heterocycles. The van der Waals surface area contributed by atoms with Gasteiger partial charge in [0.2, 0.25) is 0 Å². The molecule has 1 aliphatic rings. The Bertz CT molecular complexity index is 1080. The largest absolute Gasteiger partial charge is 0.394 e. The third-order valence-corrected chi connectivity index (χ3v) is 5.05. The molecule has 8 heteroatoms. The van der Waals surface area contributed by atoms with Gasteiger partial charge in [0.15, 0.2) is 5.43 Å². The number of nitrogens with zero attached hydrogens (tertiary/aromatic N) is 2. The molecule has 28 heavy (non-hydrogen) atoms. The fourth-order valence-corrected chi connectivity index (χ4v) is 3.57. The van der Waals surface area contributed by atoms with Crippen molar-refractivity contribution in [3.8, 4) is 11.8 Å². The number of hydrogen-bond acceptors (Lipinski definition) is 5. The molecule has 0 radical (unpaired) electrons. The summed E-state index contributed by atoms with van der Waals surface area (Å²) in [6.07, 6.45) is 6.04. The van der Waals surface area contributed by atoms with E-state index in [1.807, 2.05) is 0 Å². The van der Waals surface area contributed by atoms with Gasteiger partial charge in [-0.05, 0) is 25.0 Å². The highest BCUT2D eigenvalue weighted by Crippen LogP contribution is 2.32. The maximum atomic E-state index is 12.8. The number of pyridine rings is 2. The zero-order valence-electron chi connectivity index (χ0n) is 14.8. The van der Waals surface area contributed by atoms with Crippen LogP contribution >= 0.6 is 23.2 Å². The third kappa shape index (κ3) is 4.00. The zero-order chi connectivity index (χ0) is 20.3. The average Bonchev–Trinajstić information content (AvgIpc) is 2.91. The van der Waals surface area contributed by atoms with E-state index in [2.05, 4.69) is 16.8 Å². The van der Waals surface area contributed by atoms with Crippen LogP contribution in [0.3, 0.4) is 0 Å². The van der Waals surface area contributed by atoms with E-state index < -0.39 is 18.8 Å². The number of aryl methyl sites for hydroxylation is 1. The number of aromatic nitrogens is 2. The van der Waals surface area contributed by atoms with Crippen molar-refractivity contribution >= 4 is 34.1 Å². The topological polar surface area (TPSA) is 95.6 Å². The smallest absolute Gasteiger partial charge is 0.191 e. The molecular formula is C20H18Cl2N2O4. The summed E-state index contributed by atoms with van der Waals surface area (Å²) in [5.74, 6) is 5.87. The standard InChI is InChI=1S/C20H18Cl2N2O4/c21-14-4-2-1-3-5-17(14)24-12(10-25)8-18(28)19-16(7-6-13(27)11-26)23-9-15(22)20(19)24/h1-2,4,8-9,13,17,25-27H,6-7,10-11H2. The van der Waals surface area contributed by atoms with Gasteiger partial charge in [-0.2, -0.15) is 0 Å². The van der Waals surface area contributed by atoms with E-state index in [4.69, 9.17) is 28.3 Å². The van der Waals surface area contributed by atoms with Crippen molar-refractivity contribution in [1.29, 1.82) is 0 Å². The van der Waals surface area contributed by atoms with Crippen LogP contribution in [0.4, 0.5) is 0 Å². The van der Waals surface area contributed by atoms with E-state index in [9.17, 15) is 15.0 Å². The highest BCUT2D eigenvalue weighted by molar-refractivity contribution is 6.35. The molecule has 1 aliphatic carbocycles. The fraction of sp³-hybridized carbons (Fsp3) is 0.300. The SMILES string of the molecule is O=c1cc(CO)n(C2C#CC=CC=C2Cl)c2c(Cl)cnc(CCC(O)CO)c12. The third-order valence-electron chi connectivity index (χ3n) is 4.44. The predicted octanol–water partition coefficient (Wildman–Crippen LogP) is 2.06. The lowest BCUT2D eigenvalue weighted by molar-refractivity contribution is 0.0884. The summed E-state index contributed by atoms with van der Waals surface area (Å²) < 4.78 is 1.64. The minimum atomic E-state index is -0.914. The Morgan fingerprint density at radius 1 is 1.32 bits per heavy atom. The van der Waals surface area contributed by atoms with Crippen LogP contribution in [0.15, 0.2) is 40.3 Å². The summed E-state index contributed by atoms with van der Waals surface area (Å²) in [5.41, 5.74) is 0.780.